The number of hydrogen-bond acceptors (Lipinski definition) is 4. The highest BCUT2D eigenvalue weighted by Crippen LogP contribution is 2.25. The average Bonchev–Trinajstić information content (AvgIpc) is 2.91. The zero-order valence-corrected chi connectivity index (χ0v) is 18.0. The fraction of sp³-hybridized carbons (Fsp3) is 0.955. The molecule has 5 nitrogen and oxygen atoms in total. The molecule has 1 unspecified atom stereocenters. The maximum Gasteiger partial charge on any atom is 0.239 e. The Kier molecular flexibility index (Phi) is 7.97. The lowest BCUT2D eigenvalue weighted by molar-refractivity contribution is -0.137. The predicted octanol–water partition coefficient (Wildman–Crippen LogP) is 2.52. The summed E-state index contributed by atoms with van der Waals surface area (Å²) in [7, 11) is 4.38. The number of amides is 1. The molecular formula is C22H42N4O. The minimum atomic E-state index is 0.117. The highest BCUT2D eigenvalue weighted by atomic mass is 16.2. The molecule has 0 aliphatic carbocycles. The van der Waals surface area contributed by atoms with Crippen molar-refractivity contribution in [3.05, 3.63) is 0 Å². The second kappa shape index (κ2) is 10.2. The Hall–Kier alpha value is -0.650. The van der Waals surface area contributed by atoms with Crippen LogP contribution in [0.25, 0.3) is 0 Å². The van der Waals surface area contributed by atoms with Crippen LogP contribution in [-0.4, -0.2) is 97.5 Å². The molecule has 156 valence electrons. The van der Waals surface area contributed by atoms with Crippen molar-refractivity contribution >= 4 is 5.91 Å². The fourth-order valence-electron chi connectivity index (χ4n) is 5.32. The highest BCUT2D eigenvalue weighted by molar-refractivity contribution is 5.81. The summed E-state index contributed by atoms with van der Waals surface area (Å²) in [6.45, 7) is 10.0. The van der Waals surface area contributed by atoms with Gasteiger partial charge >= 0.3 is 0 Å². The van der Waals surface area contributed by atoms with E-state index >= 15 is 0 Å². The van der Waals surface area contributed by atoms with Gasteiger partial charge in [-0.25, -0.2) is 0 Å². The standard InChI is InChI=1S/C22H42N4O/c1-4-25(22(27)21-8-6-5-7-13-24(21)3)18-19-9-16-26(17-10-19)20-11-14-23(2)15-12-20/h19-21H,4-18H2,1-3H3. The minimum Gasteiger partial charge on any atom is -0.341 e. The molecule has 1 atom stereocenters. The molecule has 3 rings (SSSR count). The Morgan fingerprint density at radius 2 is 1.59 bits per heavy atom. The molecule has 3 heterocycles. The van der Waals surface area contributed by atoms with E-state index in [1.54, 1.807) is 0 Å². The van der Waals surface area contributed by atoms with Crippen molar-refractivity contribution in [1.82, 2.24) is 19.6 Å². The van der Waals surface area contributed by atoms with Crippen molar-refractivity contribution in [3.63, 3.8) is 0 Å². The summed E-state index contributed by atoms with van der Waals surface area (Å²) in [5.74, 6) is 1.08. The Labute approximate surface area is 167 Å². The van der Waals surface area contributed by atoms with Crippen molar-refractivity contribution < 1.29 is 4.79 Å². The Morgan fingerprint density at radius 3 is 2.26 bits per heavy atom. The van der Waals surface area contributed by atoms with Gasteiger partial charge in [0.05, 0.1) is 6.04 Å². The first-order valence-corrected chi connectivity index (χ1v) is 11.5. The summed E-state index contributed by atoms with van der Waals surface area (Å²) < 4.78 is 0. The third-order valence-electron chi connectivity index (χ3n) is 7.33. The van der Waals surface area contributed by atoms with Crippen LogP contribution in [0.2, 0.25) is 0 Å². The molecular weight excluding hydrogens is 336 g/mol. The van der Waals surface area contributed by atoms with Gasteiger partial charge < -0.3 is 14.7 Å². The van der Waals surface area contributed by atoms with E-state index in [4.69, 9.17) is 0 Å². The summed E-state index contributed by atoms with van der Waals surface area (Å²) in [5, 5.41) is 0. The van der Waals surface area contributed by atoms with Crippen LogP contribution in [0.5, 0.6) is 0 Å². The van der Waals surface area contributed by atoms with E-state index in [1.165, 1.54) is 71.1 Å². The number of piperidine rings is 2. The second-order valence-corrected chi connectivity index (χ2v) is 9.24. The average molecular weight is 379 g/mol. The van der Waals surface area contributed by atoms with E-state index in [1.807, 2.05) is 0 Å². The summed E-state index contributed by atoms with van der Waals surface area (Å²) in [6, 6.07) is 0.914. The lowest BCUT2D eigenvalue weighted by Gasteiger charge is -2.42. The molecule has 1 amide bonds. The molecule has 27 heavy (non-hydrogen) atoms. The van der Waals surface area contributed by atoms with E-state index in [0.29, 0.717) is 11.8 Å². The van der Waals surface area contributed by atoms with Gasteiger partial charge in [-0.1, -0.05) is 12.8 Å². The maximum atomic E-state index is 13.2. The van der Waals surface area contributed by atoms with Gasteiger partial charge in [0.15, 0.2) is 0 Å². The van der Waals surface area contributed by atoms with Gasteiger partial charge in [0.25, 0.3) is 0 Å². The number of rotatable bonds is 5. The number of likely N-dealkylation sites (tertiary alicyclic amines) is 3. The Balaban J connectivity index is 1.47. The van der Waals surface area contributed by atoms with Gasteiger partial charge in [0.1, 0.15) is 0 Å². The van der Waals surface area contributed by atoms with Crippen molar-refractivity contribution in [2.24, 2.45) is 5.92 Å². The van der Waals surface area contributed by atoms with Gasteiger partial charge in [0, 0.05) is 19.1 Å². The van der Waals surface area contributed by atoms with Gasteiger partial charge in [0.2, 0.25) is 5.91 Å². The lowest BCUT2D eigenvalue weighted by Crippen LogP contribution is -2.50. The molecule has 0 radical (unpaired) electrons. The van der Waals surface area contributed by atoms with Crippen molar-refractivity contribution in [3.8, 4) is 0 Å². The maximum absolute atomic E-state index is 13.2. The van der Waals surface area contributed by atoms with E-state index in [-0.39, 0.29) is 6.04 Å². The molecule has 0 aromatic rings. The molecule has 0 aromatic carbocycles. The quantitative estimate of drug-likeness (QED) is 0.735. The van der Waals surface area contributed by atoms with Crippen LogP contribution >= 0.6 is 0 Å². The van der Waals surface area contributed by atoms with Crippen molar-refractivity contribution in [1.29, 1.82) is 0 Å². The first kappa shape index (κ1) is 21.1. The number of carbonyl (C=O) groups is 1. The van der Waals surface area contributed by atoms with Crippen LogP contribution in [0.1, 0.15) is 58.3 Å². The van der Waals surface area contributed by atoms with Gasteiger partial charge in [-0.3, -0.25) is 9.69 Å². The number of likely N-dealkylation sites (N-methyl/N-ethyl adjacent to an activating group) is 2. The first-order chi connectivity index (χ1) is 13.1. The molecule has 0 saturated carbocycles. The topological polar surface area (TPSA) is 30.0 Å². The van der Waals surface area contributed by atoms with Gasteiger partial charge in [-0.05, 0) is 98.2 Å². The molecule has 0 bridgehead atoms. The zero-order valence-electron chi connectivity index (χ0n) is 18.0. The number of nitrogens with zero attached hydrogens (tertiary/aromatic N) is 4. The van der Waals surface area contributed by atoms with Gasteiger partial charge in [-0.2, -0.15) is 0 Å². The van der Waals surface area contributed by atoms with Crippen LogP contribution < -0.4 is 0 Å². The lowest BCUT2D eigenvalue weighted by atomic mass is 9.92. The van der Waals surface area contributed by atoms with Crippen LogP contribution in [0.3, 0.4) is 0 Å². The summed E-state index contributed by atoms with van der Waals surface area (Å²) in [4.78, 5) is 22.8. The SMILES string of the molecule is CCN(CC1CCN(C2CCN(C)CC2)CC1)C(=O)C1CCCCCN1C. The molecule has 0 aromatic heterocycles. The normalized spacial score (nSPS) is 28.2. The molecule has 3 aliphatic heterocycles. The summed E-state index contributed by atoms with van der Waals surface area (Å²) in [6.07, 6.45) is 9.93. The third kappa shape index (κ3) is 5.68. The van der Waals surface area contributed by atoms with E-state index in [2.05, 4.69) is 40.6 Å². The van der Waals surface area contributed by atoms with Crippen LogP contribution in [0.4, 0.5) is 0 Å². The minimum absolute atomic E-state index is 0.117. The van der Waals surface area contributed by atoms with E-state index in [0.717, 1.165) is 32.1 Å². The molecule has 3 fully saturated rings. The molecule has 0 spiro atoms. The third-order valence-corrected chi connectivity index (χ3v) is 7.33. The van der Waals surface area contributed by atoms with Crippen LogP contribution in [0, 0.1) is 5.92 Å². The van der Waals surface area contributed by atoms with Crippen molar-refractivity contribution in [2.45, 2.75) is 70.4 Å². The second-order valence-electron chi connectivity index (χ2n) is 9.24. The van der Waals surface area contributed by atoms with Crippen molar-refractivity contribution in [2.75, 3.05) is 59.9 Å². The number of carbonyl (C=O) groups excluding carboxylic acids is 1. The van der Waals surface area contributed by atoms with E-state index in [9.17, 15) is 4.79 Å². The van der Waals surface area contributed by atoms with Gasteiger partial charge in [-0.15, -0.1) is 0 Å². The summed E-state index contributed by atoms with van der Waals surface area (Å²) >= 11 is 0. The zero-order chi connectivity index (χ0) is 19.2. The van der Waals surface area contributed by atoms with E-state index < -0.39 is 0 Å². The highest BCUT2D eigenvalue weighted by Gasteiger charge is 2.32. The number of hydrogen-bond donors (Lipinski definition) is 0. The van der Waals surface area contributed by atoms with Crippen LogP contribution in [0.15, 0.2) is 0 Å². The largest absolute Gasteiger partial charge is 0.341 e. The molecule has 3 aliphatic rings. The molecule has 3 saturated heterocycles. The molecule has 0 N–H and O–H groups in total. The molecule has 5 heteroatoms. The Morgan fingerprint density at radius 1 is 0.889 bits per heavy atom. The monoisotopic (exact) mass is 378 g/mol. The Bertz CT molecular complexity index is 455. The first-order valence-electron chi connectivity index (χ1n) is 11.5. The summed E-state index contributed by atoms with van der Waals surface area (Å²) in [5.41, 5.74) is 0. The fourth-order valence-corrected chi connectivity index (χ4v) is 5.32. The van der Waals surface area contributed by atoms with Crippen LogP contribution in [-0.2, 0) is 4.79 Å². The smallest absolute Gasteiger partial charge is 0.239 e. The predicted molar refractivity (Wildman–Crippen MR) is 112 cm³/mol.